The highest BCUT2D eigenvalue weighted by atomic mass is 16.5. The highest BCUT2D eigenvalue weighted by Crippen LogP contribution is 2.33. The van der Waals surface area contributed by atoms with Crippen LogP contribution in [0.2, 0.25) is 0 Å². The van der Waals surface area contributed by atoms with Gasteiger partial charge in [-0.3, -0.25) is 4.79 Å². The molecule has 0 aromatic heterocycles. The van der Waals surface area contributed by atoms with Crippen molar-refractivity contribution < 1.29 is 14.6 Å². The Morgan fingerprint density at radius 1 is 1.24 bits per heavy atom. The molecule has 0 heterocycles. The summed E-state index contributed by atoms with van der Waals surface area (Å²) >= 11 is 0. The molecule has 2 aromatic carbocycles. The second-order valence-electron chi connectivity index (χ2n) is 4.76. The minimum absolute atomic E-state index is 0.00451. The van der Waals surface area contributed by atoms with Gasteiger partial charge in [0.1, 0.15) is 5.75 Å². The SMILES string of the molecule is C=CC(CC(=O)O)c1ccc(-c2ccccc2)cc1OC. The number of hydrogen-bond acceptors (Lipinski definition) is 2. The summed E-state index contributed by atoms with van der Waals surface area (Å²) in [6, 6.07) is 15.8. The molecule has 0 fully saturated rings. The Morgan fingerprint density at radius 2 is 1.95 bits per heavy atom. The zero-order valence-corrected chi connectivity index (χ0v) is 12.0. The molecule has 2 rings (SSSR count). The molecular formula is C18H18O3. The molecule has 0 amide bonds. The van der Waals surface area contributed by atoms with Gasteiger partial charge in [0.15, 0.2) is 0 Å². The first kappa shape index (κ1) is 14.9. The minimum atomic E-state index is -0.853. The number of methoxy groups -OCH3 is 1. The van der Waals surface area contributed by atoms with Crippen molar-refractivity contribution in [2.24, 2.45) is 0 Å². The maximum absolute atomic E-state index is 10.9. The summed E-state index contributed by atoms with van der Waals surface area (Å²) in [4.78, 5) is 10.9. The van der Waals surface area contributed by atoms with Gasteiger partial charge in [-0.1, -0.05) is 48.5 Å². The van der Waals surface area contributed by atoms with Crippen molar-refractivity contribution in [2.45, 2.75) is 12.3 Å². The predicted molar refractivity (Wildman–Crippen MR) is 83.6 cm³/mol. The van der Waals surface area contributed by atoms with E-state index in [2.05, 4.69) is 6.58 Å². The van der Waals surface area contributed by atoms with Crippen LogP contribution in [0.25, 0.3) is 11.1 Å². The fraction of sp³-hybridized carbons (Fsp3) is 0.167. The van der Waals surface area contributed by atoms with Crippen molar-refractivity contribution >= 4 is 5.97 Å². The molecule has 21 heavy (non-hydrogen) atoms. The van der Waals surface area contributed by atoms with E-state index in [9.17, 15) is 4.79 Å². The molecule has 1 unspecified atom stereocenters. The lowest BCUT2D eigenvalue weighted by atomic mass is 9.92. The number of carboxylic acids is 1. The number of hydrogen-bond donors (Lipinski definition) is 1. The van der Waals surface area contributed by atoms with E-state index in [4.69, 9.17) is 9.84 Å². The molecule has 3 heteroatoms. The lowest BCUT2D eigenvalue weighted by Crippen LogP contribution is -2.05. The monoisotopic (exact) mass is 282 g/mol. The van der Waals surface area contributed by atoms with Crippen LogP contribution in [0.5, 0.6) is 5.75 Å². The molecule has 108 valence electrons. The molecule has 0 aliphatic rings. The third-order valence-corrected chi connectivity index (χ3v) is 3.42. The maximum Gasteiger partial charge on any atom is 0.304 e. The van der Waals surface area contributed by atoms with Crippen LogP contribution in [-0.2, 0) is 4.79 Å². The number of benzene rings is 2. The molecule has 1 atom stereocenters. The number of carboxylic acid groups (broad SMARTS) is 1. The molecule has 0 radical (unpaired) electrons. The lowest BCUT2D eigenvalue weighted by Gasteiger charge is -2.16. The van der Waals surface area contributed by atoms with Gasteiger partial charge in [-0.25, -0.2) is 0 Å². The predicted octanol–water partition coefficient (Wildman–Crippen LogP) is 4.11. The standard InChI is InChI=1S/C18H18O3/c1-3-13(12-18(19)20)16-10-9-15(11-17(16)21-2)14-7-5-4-6-8-14/h3-11,13H,1,12H2,2H3,(H,19,20). The summed E-state index contributed by atoms with van der Waals surface area (Å²) < 4.78 is 5.43. The highest BCUT2D eigenvalue weighted by molar-refractivity contribution is 5.70. The third-order valence-electron chi connectivity index (χ3n) is 3.42. The van der Waals surface area contributed by atoms with Crippen LogP contribution in [0.3, 0.4) is 0 Å². The first-order valence-electron chi connectivity index (χ1n) is 6.73. The first-order chi connectivity index (χ1) is 10.2. The average molecular weight is 282 g/mol. The Kier molecular flexibility index (Phi) is 4.77. The Balaban J connectivity index is 2.41. The van der Waals surface area contributed by atoms with Crippen molar-refractivity contribution in [3.05, 3.63) is 66.7 Å². The number of ether oxygens (including phenoxy) is 1. The quantitative estimate of drug-likeness (QED) is 0.811. The Hall–Kier alpha value is -2.55. The second kappa shape index (κ2) is 6.75. The van der Waals surface area contributed by atoms with Gasteiger partial charge in [0.25, 0.3) is 0 Å². The number of aliphatic carboxylic acids is 1. The van der Waals surface area contributed by atoms with E-state index in [-0.39, 0.29) is 12.3 Å². The summed E-state index contributed by atoms with van der Waals surface area (Å²) in [6.07, 6.45) is 1.65. The first-order valence-corrected chi connectivity index (χ1v) is 6.73. The Labute approximate surface area is 124 Å². The molecule has 0 aliphatic carbocycles. The number of allylic oxidation sites excluding steroid dienone is 1. The van der Waals surface area contributed by atoms with E-state index < -0.39 is 5.97 Å². The number of rotatable bonds is 6. The van der Waals surface area contributed by atoms with Crippen molar-refractivity contribution in [1.82, 2.24) is 0 Å². The smallest absolute Gasteiger partial charge is 0.304 e. The zero-order valence-electron chi connectivity index (χ0n) is 12.0. The lowest BCUT2D eigenvalue weighted by molar-refractivity contribution is -0.137. The van der Waals surface area contributed by atoms with E-state index in [0.717, 1.165) is 16.7 Å². The van der Waals surface area contributed by atoms with Gasteiger partial charge in [-0.05, 0) is 17.2 Å². The van der Waals surface area contributed by atoms with Gasteiger partial charge in [0.2, 0.25) is 0 Å². The Morgan fingerprint density at radius 3 is 2.52 bits per heavy atom. The van der Waals surface area contributed by atoms with Gasteiger partial charge in [0, 0.05) is 11.5 Å². The van der Waals surface area contributed by atoms with Crippen molar-refractivity contribution in [3.8, 4) is 16.9 Å². The normalized spacial score (nSPS) is 11.7. The molecule has 1 N–H and O–H groups in total. The van der Waals surface area contributed by atoms with Crippen LogP contribution in [0.4, 0.5) is 0 Å². The van der Waals surface area contributed by atoms with Crippen LogP contribution < -0.4 is 4.74 Å². The van der Waals surface area contributed by atoms with E-state index >= 15 is 0 Å². The minimum Gasteiger partial charge on any atom is -0.496 e. The molecule has 0 saturated carbocycles. The van der Waals surface area contributed by atoms with E-state index in [0.29, 0.717) is 5.75 Å². The van der Waals surface area contributed by atoms with Gasteiger partial charge in [-0.2, -0.15) is 0 Å². The number of carbonyl (C=O) groups is 1. The summed E-state index contributed by atoms with van der Waals surface area (Å²) in [5.74, 6) is -0.432. The van der Waals surface area contributed by atoms with Crippen molar-refractivity contribution in [3.63, 3.8) is 0 Å². The summed E-state index contributed by atoms with van der Waals surface area (Å²) in [7, 11) is 1.59. The molecule has 2 aromatic rings. The summed E-state index contributed by atoms with van der Waals surface area (Å²) in [5, 5.41) is 8.98. The zero-order chi connectivity index (χ0) is 15.2. The van der Waals surface area contributed by atoms with Gasteiger partial charge < -0.3 is 9.84 Å². The molecule has 0 spiro atoms. The molecule has 3 nitrogen and oxygen atoms in total. The van der Waals surface area contributed by atoms with Crippen LogP contribution in [0, 0.1) is 0 Å². The summed E-state index contributed by atoms with van der Waals surface area (Å²) in [5.41, 5.74) is 2.97. The van der Waals surface area contributed by atoms with Crippen molar-refractivity contribution in [1.29, 1.82) is 0 Å². The molecule has 0 saturated heterocycles. The van der Waals surface area contributed by atoms with Crippen molar-refractivity contribution in [2.75, 3.05) is 7.11 Å². The fourth-order valence-corrected chi connectivity index (χ4v) is 2.34. The topological polar surface area (TPSA) is 46.5 Å². The van der Waals surface area contributed by atoms with Gasteiger partial charge in [0.05, 0.1) is 13.5 Å². The molecular weight excluding hydrogens is 264 g/mol. The van der Waals surface area contributed by atoms with E-state index in [1.807, 2.05) is 48.5 Å². The second-order valence-corrected chi connectivity index (χ2v) is 4.76. The van der Waals surface area contributed by atoms with Crippen LogP contribution in [-0.4, -0.2) is 18.2 Å². The Bertz CT molecular complexity index is 632. The molecule has 0 aliphatic heterocycles. The maximum atomic E-state index is 10.9. The van der Waals surface area contributed by atoms with Gasteiger partial charge >= 0.3 is 5.97 Å². The van der Waals surface area contributed by atoms with Crippen LogP contribution in [0.15, 0.2) is 61.2 Å². The summed E-state index contributed by atoms with van der Waals surface area (Å²) in [6.45, 7) is 3.73. The largest absolute Gasteiger partial charge is 0.496 e. The van der Waals surface area contributed by atoms with E-state index in [1.54, 1.807) is 13.2 Å². The van der Waals surface area contributed by atoms with Crippen LogP contribution in [0.1, 0.15) is 17.9 Å². The van der Waals surface area contributed by atoms with Crippen LogP contribution >= 0.6 is 0 Å². The van der Waals surface area contributed by atoms with E-state index in [1.165, 1.54) is 0 Å². The fourth-order valence-electron chi connectivity index (χ4n) is 2.34. The average Bonchev–Trinajstić information content (AvgIpc) is 2.52. The third kappa shape index (κ3) is 3.51. The van der Waals surface area contributed by atoms with Gasteiger partial charge in [-0.15, -0.1) is 6.58 Å². The highest BCUT2D eigenvalue weighted by Gasteiger charge is 2.17. The molecule has 0 bridgehead atoms.